The summed E-state index contributed by atoms with van der Waals surface area (Å²) in [5, 5.41) is 0. The Labute approximate surface area is 125 Å². The fraction of sp³-hybridized carbons (Fsp3) is 0.500. The van der Waals surface area contributed by atoms with Crippen molar-refractivity contribution in [2.24, 2.45) is 0 Å². The molecule has 1 aliphatic rings. The number of hydrogen-bond donors (Lipinski definition) is 0. The smallest absolute Gasteiger partial charge is 0.333 e. The van der Waals surface area contributed by atoms with E-state index in [1.54, 1.807) is 27.1 Å². The van der Waals surface area contributed by atoms with Gasteiger partial charge in [0.2, 0.25) is 5.91 Å². The van der Waals surface area contributed by atoms with Crippen molar-refractivity contribution in [1.29, 1.82) is 0 Å². The highest BCUT2D eigenvalue weighted by Gasteiger charge is 2.24. The van der Waals surface area contributed by atoms with Gasteiger partial charge in [-0.3, -0.25) is 4.79 Å². The standard InChI is InChI=1S/C7H10O3.C5H13NO2Si2/c1-5(2)7(8)10-4-6-3-9-6;1-6(2)5(7)3-4-10-8-9/h6H,1,3-4H2,2H3;3-4H,10H2,1-2,9H3. The molecule has 0 radical (unpaired) electrons. The molecule has 1 aliphatic heterocycles. The first-order valence-electron chi connectivity index (χ1n) is 6.19. The second kappa shape index (κ2) is 10.5. The minimum atomic E-state index is -0.519. The number of epoxide rings is 1. The van der Waals surface area contributed by atoms with Gasteiger partial charge in [-0.1, -0.05) is 12.3 Å². The number of likely N-dealkylation sites (N-methyl/N-ethyl adjacent to an activating group) is 1. The highest BCUT2D eigenvalue weighted by atomic mass is 28.3. The van der Waals surface area contributed by atoms with Gasteiger partial charge in [0.15, 0.2) is 9.76 Å². The van der Waals surface area contributed by atoms with Gasteiger partial charge in [0, 0.05) is 19.7 Å². The largest absolute Gasteiger partial charge is 0.465 e. The molecule has 20 heavy (non-hydrogen) atoms. The number of esters is 1. The van der Waals surface area contributed by atoms with Gasteiger partial charge in [-0.05, 0) is 13.0 Å². The molecule has 1 rings (SSSR count). The minimum absolute atomic E-state index is 0.0335. The van der Waals surface area contributed by atoms with Crippen LogP contribution in [-0.2, 0) is 23.2 Å². The number of rotatable bonds is 6. The quantitative estimate of drug-likeness (QED) is 0.257. The van der Waals surface area contributed by atoms with E-state index >= 15 is 0 Å². The van der Waals surface area contributed by atoms with Crippen LogP contribution in [0.4, 0.5) is 0 Å². The maximum atomic E-state index is 10.8. The molecule has 0 aliphatic carbocycles. The van der Waals surface area contributed by atoms with Gasteiger partial charge in [0.1, 0.15) is 23.2 Å². The first-order valence-corrected chi connectivity index (χ1v) is 8.40. The van der Waals surface area contributed by atoms with Gasteiger partial charge in [-0.2, -0.15) is 0 Å². The average molecular weight is 317 g/mol. The topological polar surface area (TPSA) is 68.4 Å². The molecule has 0 aromatic rings. The lowest BCUT2D eigenvalue weighted by molar-refractivity contribution is -0.139. The van der Waals surface area contributed by atoms with E-state index in [1.807, 2.05) is 5.70 Å². The molecule has 1 amide bonds. The summed E-state index contributed by atoms with van der Waals surface area (Å²) in [7, 11) is 3.73. The van der Waals surface area contributed by atoms with Crippen LogP contribution in [0.15, 0.2) is 23.9 Å². The lowest BCUT2D eigenvalue weighted by atomic mass is 10.4. The first kappa shape index (κ1) is 18.8. The van der Waals surface area contributed by atoms with Crippen LogP contribution in [0.1, 0.15) is 6.92 Å². The molecule has 0 saturated carbocycles. The Morgan fingerprint density at radius 2 is 2.15 bits per heavy atom. The minimum Gasteiger partial charge on any atom is -0.465 e. The molecule has 1 fully saturated rings. The summed E-state index contributed by atoms with van der Waals surface area (Å²) in [5.74, 6) is -0.304. The van der Waals surface area contributed by atoms with E-state index in [9.17, 15) is 9.59 Å². The number of amides is 1. The Morgan fingerprint density at radius 3 is 2.55 bits per heavy atom. The highest BCUT2D eigenvalue weighted by Crippen LogP contribution is 2.09. The van der Waals surface area contributed by atoms with Crippen molar-refractivity contribution in [2.45, 2.75) is 13.0 Å². The molecule has 1 heterocycles. The van der Waals surface area contributed by atoms with Crippen LogP contribution in [0.2, 0.25) is 0 Å². The second-order valence-electron chi connectivity index (χ2n) is 4.42. The summed E-state index contributed by atoms with van der Waals surface area (Å²) >= 11 is 0. The highest BCUT2D eigenvalue weighted by molar-refractivity contribution is 6.40. The molecule has 0 spiro atoms. The number of carbonyl (C=O) groups is 2. The zero-order valence-corrected chi connectivity index (χ0v) is 16.0. The van der Waals surface area contributed by atoms with Crippen LogP contribution in [0.25, 0.3) is 0 Å². The zero-order chi connectivity index (χ0) is 15.5. The van der Waals surface area contributed by atoms with Crippen molar-refractivity contribution in [2.75, 3.05) is 27.3 Å². The summed E-state index contributed by atoms with van der Waals surface area (Å²) in [6.45, 7) is 6.14. The van der Waals surface area contributed by atoms with Gasteiger partial charge in [0.25, 0.3) is 0 Å². The first-order chi connectivity index (χ1) is 9.38. The van der Waals surface area contributed by atoms with Crippen molar-refractivity contribution < 1.29 is 23.2 Å². The molecule has 1 unspecified atom stereocenters. The molecule has 0 aromatic carbocycles. The maximum Gasteiger partial charge on any atom is 0.333 e. The summed E-state index contributed by atoms with van der Waals surface area (Å²) in [4.78, 5) is 23.1. The van der Waals surface area contributed by atoms with Crippen LogP contribution >= 0.6 is 0 Å². The predicted molar refractivity (Wildman–Crippen MR) is 82.9 cm³/mol. The molecular formula is C12H23NO5Si2. The molecule has 6 nitrogen and oxygen atoms in total. The number of hydrogen-bond acceptors (Lipinski definition) is 5. The molecule has 8 heteroatoms. The Hall–Kier alpha value is -1.23. The molecule has 0 N–H and O–H groups in total. The van der Waals surface area contributed by atoms with E-state index in [-0.39, 0.29) is 18.0 Å². The second-order valence-corrected chi connectivity index (χ2v) is 7.54. The Morgan fingerprint density at radius 1 is 1.55 bits per heavy atom. The average Bonchev–Trinajstić information content (AvgIpc) is 3.20. The number of carbonyl (C=O) groups excluding carboxylic acids is 2. The van der Waals surface area contributed by atoms with Crippen LogP contribution < -0.4 is 0 Å². The summed E-state index contributed by atoms with van der Waals surface area (Å²) in [5.41, 5.74) is 2.29. The predicted octanol–water partition coefficient (Wildman–Crippen LogP) is -1.53. The van der Waals surface area contributed by atoms with Crippen LogP contribution in [0, 0.1) is 0 Å². The van der Waals surface area contributed by atoms with Crippen molar-refractivity contribution >= 4 is 32.1 Å². The van der Waals surface area contributed by atoms with Gasteiger partial charge in [-0.15, -0.1) is 0 Å². The molecule has 1 atom stereocenters. The lowest BCUT2D eigenvalue weighted by Crippen LogP contribution is -2.19. The van der Waals surface area contributed by atoms with E-state index in [2.05, 4.69) is 6.58 Å². The van der Waals surface area contributed by atoms with Gasteiger partial charge in [-0.25, -0.2) is 4.79 Å². The van der Waals surface area contributed by atoms with Gasteiger partial charge >= 0.3 is 5.97 Å². The zero-order valence-electron chi connectivity index (χ0n) is 12.5. The Bertz CT molecular complexity index is 367. The SMILES string of the molecule is C=C(C)C(=O)OCC1CO1.CN(C)C(=O)C=C[SiH2]O[SiH3]. The van der Waals surface area contributed by atoms with Gasteiger partial charge < -0.3 is 18.5 Å². The summed E-state index contributed by atoms with van der Waals surface area (Å²) in [6.07, 6.45) is 1.72. The summed E-state index contributed by atoms with van der Waals surface area (Å²) in [6, 6.07) is 0. The fourth-order valence-electron chi connectivity index (χ4n) is 0.850. The van der Waals surface area contributed by atoms with Crippen LogP contribution in [-0.4, -0.2) is 70.4 Å². The fourth-order valence-corrected chi connectivity index (χ4v) is 1.92. The maximum absolute atomic E-state index is 10.8. The number of ether oxygens (including phenoxy) is 2. The van der Waals surface area contributed by atoms with Crippen LogP contribution in [0.5, 0.6) is 0 Å². The molecule has 1 saturated heterocycles. The van der Waals surface area contributed by atoms with Crippen LogP contribution in [0.3, 0.4) is 0 Å². The monoisotopic (exact) mass is 317 g/mol. The summed E-state index contributed by atoms with van der Waals surface area (Å²) < 4.78 is 14.6. The molecule has 0 aromatic heterocycles. The van der Waals surface area contributed by atoms with Crippen molar-refractivity contribution in [3.63, 3.8) is 0 Å². The van der Waals surface area contributed by atoms with E-state index in [4.69, 9.17) is 13.6 Å². The lowest BCUT2D eigenvalue weighted by Gasteiger charge is -2.04. The number of nitrogens with zero attached hydrogens (tertiary/aromatic N) is 1. The third kappa shape index (κ3) is 10.7. The van der Waals surface area contributed by atoms with Crippen molar-refractivity contribution in [1.82, 2.24) is 4.90 Å². The normalized spacial score (nSPS) is 16.9. The third-order valence-electron chi connectivity index (χ3n) is 2.12. The van der Waals surface area contributed by atoms with E-state index in [0.717, 1.165) is 10.5 Å². The molecule has 114 valence electrons. The van der Waals surface area contributed by atoms with Gasteiger partial charge in [0.05, 0.1) is 6.61 Å². The van der Waals surface area contributed by atoms with E-state index < -0.39 is 9.76 Å². The van der Waals surface area contributed by atoms with Crippen molar-refractivity contribution in [3.8, 4) is 0 Å². The molecule has 0 bridgehead atoms. The van der Waals surface area contributed by atoms with E-state index in [1.165, 1.54) is 4.90 Å². The Kier molecular flexibility index (Phi) is 9.90. The van der Waals surface area contributed by atoms with Crippen molar-refractivity contribution in [3.05, 3.63) is 23.9 Å². The molecular weight excluding hydrogens is 294 g/mol. The third-order valence-corrected chi connectivity index (χ3v) is 3.88. The van der Waals surface area contributed by atoms with E-state index in [0.29, 0.717) is 18.8 Å². The Balaban J connectivity index is 0.000000361.